The van der Waals surface area contributed by atoms with E-state index in [1.54, 1.807) is 0 Å². The first-order chi connectivity index (χ1) is 10.9. The van der Waals surface area contributed by atoms with Gasteiger partial charge in [0.1, 0.15) is 5.60 Å². The maximum atomic E-state index is 12.1. The van der Waals surface area contributed by atoms with Gasteiger partial charge in [-0.3, -0.25) is 0 Å². The zero-order valence-electron chi connectivity index (χ0n) is 15.0. The van der Waals surface area contributed by atoms with Crippen LogP contribution in [0.5, 0.6) is 0 Å². The first-order valence-electron chi connectivity index (χ1n) is 9.25. The lowest BCUT2D eigenvalue weighted by atomic mass is 9.99. The van der Waals surface area contributed by atoms with E-state index >= 15 is 0 Å². The summed E-state index contributed by atoms with van der Waals surface area (Å²) in [5, 5.41) is 6.80. The summed E-state index contributed by atoms with van der Waals surface area (Å²) in [5.74, 6) is 0.606. The quantitative estimate of drug-likeness (QED) is 0.779. The summed E-state index contributed by atoms with van der Waals surface area (Å²) in [5.41, 5.74) is -0.447. The molecule has 0 aromatic rings. The maximum absolute atomic E-state index is 12.1. The smallest absolute Gasteiger partial charge is 0.407 e. The van der Waals surface area contributed by atoms with Crippen molar-refractivity contribution in [1.29, 1.82) is 0 Å². The molecule has 0 aromatic heterocycles. The van der Waals surface area contributed by atoms with Crippen molar-refractivity contribution < 1.29 is 14.3 Å². The number of nitrogens with one attached hydrogen (secondary N) is 2. The first-order valence-corrected chi connectivity index (χ1v) is 9.25. The molecule has 3 unspecified atom stereocenters. The lowest BCUT2D eigenvalue weighted by molar-refractivity contribution is 0.0465. The lowest BCUT2D eigenvalue weighted by Crippen LogP contribution is -2.51. The Morgan fingerprint density at radius 2 is 1.83 bits per heavy atom. The fourth-order valence-electron chi connectivity index (χ4n) is 3.47. The molecule has 3 atom stereocenters. The van der Waals surface area contributed by atoms with E-state index in [0.29, 0.717) is 12.0 Å². The van der Waals surface area contributed by atoms with Crippen LogP contribution in [0.3, 0.4) is 0 Å². The van der Waals surface area contributed by atoms with Gasteiger partial charge in [-0.25, -0.2) is 4.79 Å². The van der Waals surface area contributed by atoms with Crippen LogP contribution in [0.4, 0.5) is 4.79 Å². The van der Waals surface area contributed by atoms with Gasteiger partial charge in [-0.05, 0) is 52.4 Å². The van der Waals surface area contributed by atoms with E-state index < -0.39 is 5.60 Å². The van der Waals surface area contributed by atoms with Crippen molar-refractivity contribution in [3.8, 4) is 0 Å². The van der Waals surface area contributed by atoms with Crippen LogP contribution in [0.25, 0.3) is 0 Å². The van der Waals surface area contributed by atoms with Crippen molar-refractivity contribution in [3.05, 3.63) is 0 Å². The molecule has 5 nitrogen and oxygen atoms in total. The molecule has 134 valence electrons. The highest BCUT2D eigenvalue weighted by Crippen LogP contribution is 2.20. The van der Waals surface area contributed by atoms with E-state index in [1.165, 1.54) is 25.7 Å². The number of ether oxygens (including phenoxy) is 2. The van der Waals surface area contributed by atoms with Crippen LogP contribution in [0.1, 0.15) is 65.7 Å². The highest BCUT2D eigenvalue weighted by Gasteiger charge is 2.27. The molecule has 2 rings (SSSR count). The van der Waals surface area contributed by atoms with Crippen molar-refractivity contribution in [3.63, 3.8) is 0 Å². The third-order valence-corrected chi connectivity index (χ3v) is 4.64. The van der Waals surface area contributed by atoms with Crippen molar-refractivity contribution in [2.75, 3.05) is 19.8 Å². The van der Waals surface area contributed by atoms with Crippen LogP contribution in [-0.4, -0.2) is 43.5 Å². The van der Waals surface area contributed by atoms with Crippen LogP contribution in [-0.2, 0) is 9.47 Å². The Bertz CT molecular complexity index is 362. The molecule has 1 aliphatic heterocycles. The molecule has 2 fully saturated rings. The maximum Gasteiger partial charge on any atom is 0.407 e. The molecule has 23 heavy (non-hydrogen) atoms. The van der Waals surface area contributed by atoms with Gasteiger partial charge in [-0.15, -0.1) is 0 Å². The normalized spacial score (nSPS) is 29.6. The first kappa shape index (κ1) is 18.5. The van der Waals surface area contributed by atoms with Crippen molar-refractivity contribution in [2.24, 2.45) is 5.92 Å². The fraction of sp³-hybridized carbons (Fsp3) is 0.944. The summed E-state index contributed by atoms with van der Waals surface area (Å²) >= 11 is 0. The number of amides is 1. The van der Waals surface area contributed by atoms with E-state index in [9.17, 15) is 4.79 Å². The Kier molecular flexibility index (Phi) is 7.15. The van der Waals surface area contributed by atoms with Gasteiger partial charge in [0.25, 0.3) is 0 Å². The molecule has 1 saturated heterocycles. The molecule has 1 saturated carbocycles. The lowest BCUT2D eigenvalue weighted by Gasteiger charge is -2.31. The number of rotatable bonds is 4. The number of carbonyl (C=O) groups is 1. The minimum absolute atomic E-state index is 0.164. The van der Waals surface area contributed by atoms with Gasteiger partial charge in [0.05, 0.1) is 6.61 Å². The van der Waals surface area contributed by atoms with Gasteiger partial charge in [0.15, 0.2) is 0 Å². The van der Waals surface area contributed by atoms with Crippen LogP contribution in [0.2, 0.25) is 0 Å². The average molecular weight is 326 g/mol. The number of hydrogen-bond donors (Lipinski definition) is 2. The molecular formula is C18H34N2O3. The van der Waals surface area contributed by atoms with Gasteiger partial charge in [0.2, 0.25) is 0 Å². The molecule has 1 heterocycles. The summed E-state index contributed by atoms with van der Waals surface area (Å²) in [6.07, 6.45) is 7.90. The Morgan fingerprint density at radius 1 is 1.09 bits per heavy atom. The predicted molar refractivity (Wildman–Crippen MR) is 91.6 cm³/mol. The summed E-state index contributed by atoms with van der Waals surface area (Å²) in [6.45, 7) is 8.46. The third-order valence-electron chi connectivity index (χ3n) is 4.64. The topological polar surface area (TPSA) is 59.6 Å². The van der Waals surface area contributed by atoms with Crippen LogP contribution in [0, 0.1) is 5.92 Å². The average Bonchev–Trinajstić information content (AvgIpc) is 2.69. The highest BCUT2D eigenvalue weighted by molar-refractivity contribution is 5.68. The monoisotopic (exact) mass is 326 g/mol. The molecule has 0 radical (unpaired) electrons. The molecule has 0 aromatic carbocycles. The Hall–Kier alpha value is -0.810. The van der Waals surface area contributed by atoms with Crippen molar-refractivity contribution in [2.45, 2.75) is 83.4 Å². The summed E-state index contributed by atoms with van der Waals surface area (Å²) in [7, 11) is 0. The number of hydrogen-bond acceptors (Lipinski definition) is 4. The van der Waals surface area contributed by atoms with Crippen molar-refractivity contribution in [1.82, 2.24) is 10.6 Å². The highest BCUT2D eigenvalue weighted by atomic mass is 16.6. The number of carbonyl (C=O) groups excluding carboxylic acids is 1. The van der Waals surface area contributed by atoms with Gasteiger partial charge in [-0.1, -0.05) is 19.3 Å². The summed E-state index contributed by atoms with van der Waals surface area (Å²) in [4.78, 5) is 12.1. The van der Waals surface area contributed by atoms with Gasteiger partial charge < -0.3 is 20.1 Å². The Labute approximate surface area is 140 Å². The largest absolute Gasteiger partial charge is 0.444 e. The van der Waals surface area contributed by atoms with E-state index in [1.807, 2.05) is 20.8 Å². The molecule has 5 heteroatoms. The standard InChI is InChI=1S/C18H34N2O3/c1-18(2,3)23-17(21)20-16-10-6-4-5-9-15(16)19-12-14-8-7-11-22-13-14/h14-16,19H,4-13H2,1-3H3,(H,20,21). The zero-order chi connectivity index (χ0) is 16.7. The van der Waals surface area contributed by atoms with E-state index in [-0.39, 0.29) is 12.1 Å². The SMILES string of the molecule is CC(C)(C)OC(=O)NC1CCCCCC1NCC1CCCOC1. The van der Waals surface area contributed by atoms with Crippen LogP contribution >= 0.6 is 0 Å². The Balaban J connectivity index is 1.84. The van der Waals surface area contributed by atoms with Crippen LogP contribution < -0.4 is 10.6 Å². The molecular weight excluding hydrogens is 292 g/mol. The second-order valence-corrected chi connectivity index (χ2v) is 7.99. The van der Waals surface area contributed by atoms with Gasteiger partial charge >= 0.3 is 6.09 Å². The second kappa shape index (κ2) is 8.88. The summed E-state index contributed by atoms with van der Waals surface area (Å²) < 4.78 is 11.0. The molecule has 2 N–H and O–H groups in total. The van der Waals surface area contributed by atoms with Gasteiger partial charge in [0, 0.05) is 25.2 Å². The molecule has 2 aliphatic rings. The van der Waals surface area contributed by atoms with E-state index in [2.05, 4.69) is 10.6 Å². The molecule has 0 bridgehead atoms. The van der Waals surface area contributed by atoms with E-state index in [0.717, 1.165) is 39.0 Å². The molecule has 1 amide bonds. The zero-order valence-corrected chi connectivity index (χ0v) is 15.0. The fourth-order valence-corrected chi connectivity index (χ4v) is 3.47. The summed E-state index contributed by atoms with van der Waals surface area (Å²) in [6, 6.07) is 0.504. The minimum atomic E-state index is -0.447. The van der Waals surface area contributed by atoms with Crippen LogP contribution in [0.15, 0.2) is 0 Å². The van der Waals surface area contributed by atoms with Gasteiger partial charge in [-0.2, -0.15) is 0 Å². The second-order valence-electron chi connectivity index (χ2n) is 7.99. The Morgan fingerprint density at radius 3 is 2.48 bits per heavy atom. The molecule has 0 spiro atoms. The third kappa shape index (κ3) is 7.08. The number of alkyl carbamates (subject to hydrolysis) is 1. The predicted octanol–water partition coefficient (Wildman–Crippen LogP) is 3.23. The van der Waals surface area contributed by atoms with Crippen molar-refractivity contribution >= 4 is 6.09 Å². The minimum Gasteiger partial charge on any atom is -0.444 e. The molecule has 1 aliphatic carbocycles. The van der Waals surface area contributed by atoms with E-state index in [4.69, 9.17) is 9.47 Å².